The van der Waals surface area contributed by atoms with E-state index < -0.39 is 17.7 Å². The van der Waals surface area contributed by atoms with E-state index in [4.69, 9.17) is 21.1 Å². The molecule has 1 amide bonds. The summed E-state index contributed by atoms with van der Waals surface area (Å²) in [6.45, 7) is 1.94. The Hall–Kier alpha value is -3.84. The van der Waals surface area contributed by atoms with Crippen LogP contribution in [0.1, 0.15) is 28.3 Å². The topological polar surface area (TPSA) is 89.0 Å². The standard InChI is InChI=1S/C26H23ClN2O5/c1-15-10-19(25(34-3)20(27)11-15)23(30)21-22(17-7-5-9-28-13-17)29(26(32)24(21)31)14-16-6-4-8-18(12-16)33-2/h4-13,22,30H,14H2,1-3H3/b23-21+. The lowest BCUT2D eigenvalue weighted by Gasteiger charge is -2.25. The number of ether oxygens (including phenoxy) is 2. The van der Waals surface area contributed by atoms with Gasteiger partial charge in [-0.2, -0.15) is 0 Å². The van der Waals surface area contributed by atoms with E-state index in [1.54, 1.807) is 55.9 Å². The molecule has 8 heteroatoms. The van der Waals surface area contributed by atoms with E-state index in [0.29, 0.717) is 11.3 Å². The Morgan fingerprint density at radius 3 is 2.59 bits per heavy atom. The molecule has 2 heterocycles. The van der Waals surface area contributed by atoms with Crippen molar-refractivity contribution in [2.45, 2.75) is 19.5 Å². The molecule has 0 saturated carbocycles. The van der Waals surface area contributed by atoms with Gasteiger partial charge in [0.25, 0.3) is 11.7 Å². The molecule has 3 aromatic rings. The number of nitrogens with zero attached hydrogens (tertiary/aromatic N) is 2. The van der Waals surface area contributed by atoms with Gasteiger partial charge in [-0.3, -0.25) is 14.6 Å². The Balaban J connectivity index is 1.90. The minimum atomic E-state index is -0.858. The quantitative estimate of drug-likeness (QED) is 0.314. The number of amides is 1. The van der Waals surface area contributed by atoms with Crippen LogP contribution >= 0.6 is 11.6 Å². The van der Waals surface area contributed by atoms with E-state index in [-0.39, 0.29) is 34.2 Å². The van der Waals surface area contributed by atoms with Gasteiger partial charge >= 0.3 is 0 Å². The fourth-order valence-corrected chi connectivity index (χ4v) is 4.50. The summed E-state index contributed by atoms with van der Waals surface area (Å²) in [4.78, 5) is 32.1. The zero-order chi connectivity index (χ0) is 24.4. The van der Waals surface area contributed by atoms with Crippen LogP contribution in [0.15, 0.2) is 66.5 Å². The van der Waals surface area contributed by atoms with Crippen molar-refractivity contribution in [3.05, 3.63) is 93.8 Å². The van der Waals surface area contributed by atoms with Crippen LogP contribution in [-0.2, 0) is 16.1 Å². The number of aryl methyl sites for hydroxylation is 1. The molecule has 7 nitrogen and oxygen atoms in total. The smallest absolute Gasteiger partial charge is 0.295 e. The third-order valence-corrected chi connectivity index (χ3v) is 5.96. The Kier molecular flexibility index (Phi) is 6.56. The molecule has 1 aliphatic rings. The fourth-order valence-electron chi connectivity index (χ4n) is 4.15. The summed E-state index contributed by atoms with van der Waals surface area (Å²) in [6.07, 6.45) is 3.17. The van der Waals surface area contributed by atoms with Gasteiger partial charge in [0.2, 0.25) is 0 Å². The first kappa shape index (κ1) is 23.3. The molecule has 0 radical (unpaired) electrons. The summed E-state index contributed by atoms with van der Waals surface area (Å²) in [5.41, 5.74) is 2.30. The van der Waals surface area contributed by atoms with E-state index in [9.17, 15) is 14.7 Å². The molecule has 0 bridgehead atoms. The minimum absolute atomic E-state index is 0.0548. The Morgan fingerprint density at radius 2 is 1.91 bits per heavy atom. The third kappa shape index (κ3) is 4.22. The molecule has 1 aromatic heterocycles. The van der Waals surface area contributed by atoms with Crippen LogP contribution in [0.5, 0.6) is 11.5 Å². The van der Waals surface area contributed by atoms with Crippen LogP contribution in [-0.4, -0.2) is 40.9 Å². The highest BCUT2D eigenvalue weighted by Gasteiger charge is 2.46. The molecule has 2 aromatic carbocycles. The molecule has 1 unspecified atom stereocenters. The number of carbonyl (C=O) groups is 2. The van der Waals surface area contributed by atoms with Crippen molar-refractivity contribution in [1.29, 1.82) is 0 Å². The van der Waals surface area contributed by atoms with Gasteiger partial charge in [0.1, 0.15) is 17.3 Å². The van der Waals surface area contributed by atoms with E-state index in [1.165, 1.54) is 12.0 Å². The molecule has 1 fully saturated rings. The number of methoxy groups -OCH3 is 2. The summed E-state index contributed by atoms with van der Waals surface area (Å²) < 4.78 is 10.7. The molecule has 1 aliphatic heterocycles. The molecule has 0 spiro atoms. The zero-order valence-electron chi connectivity index (χ0n) is 18.9. The number of aliphatic hydroxyl groups is 1. The predicted molar refractivity (Wildman–Crippen MR) is 128 cm³/mol. The van der Waals surface area contributed by atoms with Gasteiger partial charge in [-0.1, -0.05) is 29.8 Å². The Labute approximate surface area is 202 Å². The summed E-state index contributed by atoms with van der Waals surface area (Å²) in [6, 6.07) is 13.2. The first-order chi connectivity index (χ1) is 16.3. The fraction of sp³-hybridized carbons (Fsp3) is 0.192. The van der Waals surface area contributed by atoms with Crippen molar-refractivity contribution in [3.63, 3.8) is 0 Å². The molecule has 4 rings (SSSR count). The number of aromatic nitrogens is 1. The van der Waals surface area contributed by atoms with Gasteiger partial charge in [0.05, 0.1) is 36.4 Å². The van der Waals surface area contributed by atoms with E-state index in [1.807, 2.05) is 19.1 Å². The lowest BCUT2D eigenvalue weighted by atomic mass is 9.95. The van der Waals surface area contributed by atoms with Crippen LogP contribution in [0, 0.1) is 6.92 Å². The average molecular weight is 479 g/mol. The largest absolute Gasteiger partial charge is 0.507 e. The highest BCUT2D eigenvalue weighted by atomic mass is 35.5. The number of hydrogen-bond acceptors (Lipinski definition) is 6. The van der Waals surface area contributed by atoms with E-state index in [0.717, 1.165) is 11.1 Å². The Morgan fingerprint density at radius 1 is 1.12 bits per heavy atom. The van der Waals surface area contributed by atoms with Gasteiger partial charge in [-0.05, 0) is 53.9 Å². The normalized spacial score (nSPS) is 17.2. The van der Waals surface area contributed by atoms with Crippen LogP contribution < -0.4 is 9.47 Å². The molecule has 1 atom stereocenters. The molecule has 34 heavy (non-hydrogen) atoms. The highest BCUT2D eigenvalue weighted by molar-refractivity contribution is 6.46. The number of carbonyl (C=O) groups excluding carboxylic acids is 2. The number of Topliss-reactive ketones (excluding diaryl/α,β-unsaturated/α-hetero) is 1. The number of pyridine rings is 1. The molecular formula is C26H23ClN2O5. The summed E-state index contributed by atoms with van der Waals surface area (Å²) >= 11 is 6.33. The number of ketones is 1. The van der Waals surface area contributed by atoms with Crippen molar-refractivity contribution >= 4 is 29.1 Å². The zero-order valence-corrected chi connectivity index (χ0v) is 19.7. The first-order valence-corrected chi connectivity index (χ1v) is 10.9. The Bertz CT molecular complexity index is 1290. The van der Waals surface area contributed by atoms with Gasteiger partial charge in [-0.25, -0.2) is 0 Å². The summed E-state index contributed by atoms with van der Waals surface area (Å²) in [5, 5.41) is 11.7. The lowest BCUT2D eigenvalue weighted by molar-refractivity contribution is -0.140. The second kappa shape index (κ2) is 9.57. The highest BCUT2D eigenvalue weighted by Crippen LogP contribution is 2.43. The van der Waals surface area contributed by atoms with Crippen LogP contribution in [0.25, 0.3) is 5.76 Å². The maximum absolute atomic E-state index is 13.3. The van der Waals surface area contributed by atoms with Gasteiger partial charge in [0, 0.05) is 18.9 Å². The maximum Gasteiger partial charge on any atom is 0.295 e. The van der Waals surface area contributed by atoms with Gasteiger partial charge < -0.3 is 19.5 Å². The van der Waals surface area contributed by atoms with Gasteiger partial charge in [0.15, 0.2) is 0 Å². The van der Waals surface area contributed by atoms with E-state index >= 15 is 0 Å². The number of benzene rings is 2. The monoisotopic (exact) mass is 478 g/mol. The van der Waals surface area contributed by atoms with Crippen molar-refractivity contribution in [3.8, 4) is 11.5 Å². The van der Waals surface area contributed by atoms with Crippen molar-refractivity contribution < 1.29 is 24.2 Å². The van der Waals surface area contributed by atoms with Crippen molar-refractivity contribution in [2.75, 3.05) is 14.2 Å². The van der Waals surface area contributed by atoms with Crippen molar-refractivity contribution in [2.24, 2.45) is 0 Å². The minimum Gasteiger partial charge on any atom is -0.507 e. The summed E-state index contributed by atoms with van der Waals surface area (Å²) in [7, 11) is 2.98. The number of rotatable bonds is 6. The molecule has 1 saturated heterocycles. The number of aliphatic hydroxyl groups excluding tert-OH is 1. The van der Waals surface area contributed by atoms with Crippen molar-refractivity contribution in [1.82, 2.24) is 9.88 Å². The molecule has 1 N–H and O–H groups in total. The second-order valence-corrected chi connectivity index (χ2v) is 8.30. The van der Waals surface area contributed by atoms with Crippen LogP contribution in [0.3, 0.4) is 0 Å². The number of hydrogen-bond donors (Lipinski definition) is 1. The predicted octanol–water partition coefficient (Wildman–Crippen LogP) is 4.68. The molecule has 174 valence electrons. The number of likely N-dealkylation sites (tertiary alicyclic amines) is 1. The first-order valence-electron chi connectivity index (χ1n) is 10.5. The van der Waals surface area contributed by atoms with Gasteiger partial charge in [-0.15, -0.1) is 0 Å². The molecular weight excluding hydrogens is 456 g/mol. The molecule has 0 aliphatic carbocycles. The van der Waals surface area contributed by atoms with E-state index in [2.05, 4.69) is 4.98 Å². The third-order valence-electron chi connectivity index (χ3n) is 5.67. The van der Waals surface area contributed by atoms with Crippen LogP contribution in [0.2, 0.25) is 5.02 Å². The average Bonchev–Trinajstić information content (AvgIpc) is 3.08. The lowest BCUT2D eigenvalue weighted by Crippen LogP contribution is -2.29. The van der Waals surface area contributed by atoms with Crippen LogP contribution in [0.4, 0.5) is 0 Å². The SMILES string of the molecule is COc1cccc(CN2C(=O)C(=O)/C(=C(/O)c3cc(C)cc(Cl)c3OC)C2c2cccnc2)c1. The number of halogens is 1. The summed E-state index contributed by atoms with van der Waals surface area (Å²) in [5.74, 6) is -1.03. The second-order valence-electron chi connectivity index (χ2n) is 7.89. The maximum atomic E-state index is 13.3.